The van der Waals surface area contributed by atoms with Gasteiger partial charge in [0.1, 0.15) is 0 Å². The van der Waals surface area contributed by atoms with E-state index in [1.54, 1.807) is 6.20 Å². The highest BCUT2D eigenvalue weighted by molar-refractivity contribution is 14.1. The smallest absolute Gasteiger partial charge is 0.0789 e. The molecule has 3 heteroatoms. The molecule has 0 fully saturated rings. The molecule has 1 aliphatic rings. The monoisotopic (exact) mass is 234 g/mol. The maximum atomic E-state index is 4.07. The van der Waals surface area contributed by atoms with E-state index in [-0.39, 0.29) is 0 Å². The lowest BCUT2D eigenvalue weighted by Crippen LogP contribution is -1.96. The van der Waals surface area contributed by atoms with Gasteiger partial charge in [-0.2, -0.15) is 0 Å². The second-order valence-electron chi connectivity index (χ2n) is 1.72. The second kappa shape index (κ2) is 3.00. The van der Waals surface area contributed by atoms with Crippen LogP contribution in [0.2, 0.25) is 0 Å². The largest absolute Gasteiger partial charge is 0.355 e. The molecule has 0 saturated carbocycles. The maximum absolute atomic E-state index is 4.07. The molecular weight excluding hydrogens is 227 g/mol. The molecule has 0 saturated heterocycles. The van der Waals surface area contributed by atoms with Gasteiger partial charge in [0.15, 0.2) is 0 Å². The van der Waals surface area contributed by atoms with Gasteiger partial charge in [0, 0.05) is 18.1 Å². The molecule has 1 heterocycles. The van der Waals surface area contributed by atoms with Crippen LogP contribution in [-0.2, 0) is 0 Å². The third-order valence-electron chi connectivity index (χ3n) is 0.910. The van der Waals surface area contributed by atoms with Crippen molar-refractivity contribution in [1.82, 2.24) is 5.32 Å². The Kier molecular flexibility index (Phi) is 2.27. The standard InChI is InChI=1S/C6H7IN2/c1-5-4-6(7)9-3-2-8-5/h2-4,9H,1H3. The zero-order valence-electron chi connectivity index (χ0n) is 5.06. The average molecular weight is 234 g/mol. The van der Waals surface area contributed by atoms with Gasteiger partial charge < -0.3 is 5.32 Å². The van der Waals surface area contributed by atoms with Crippen molar-refractivity contribution in [2.24, 2.45) is 4.99 Å². The fraction of sp³-hybridized carbons (Fsp3) is 0.167. The summed E-state index contributed by atoms with van der Waals surface area (Å²) in [6, 6.07) is 0. The highest BCUT2D eigenvalue weighted by Crippen LogP contribution is 2.03. The summed E-state index contributed by atoms with van der Waals surface area (Å²) in [5.41, 5.74) is 1.03. The third-order valence-corrected chi connectivity index (χ3v) is 1.53. The molecule has 0 aliphatic carbocycles. The first-order valence-electron chi connectivity index (χ1n) is 2.62. The highest BCUT2D eigenvalue weighted by atomic mass is 127. The molecule has 0 spiro atoms. The number of hydrogen-bond acceptors (Lipinski definition) is 2. The van der Waals surface area contributed by atoms with Crippen LogP contribution in [0.25, 0.3) is 0 Å². The Morgan fingerprint density at radius 3 is 3.22 bits per heavy atom. The quantitative estimate of drug-likeness (QED) is 0.501. The minimum absolute atomic E-state index is 1.03. The van der Waals surface area contributed by atoms with Crippen LogP contribution in [0.4, 0.5) is 0 Å². The molecule has 0 aromatic carbocycles. The fourth-order valence-electron chi connectivity index (χ4n) is 0.534. The normalized spacial score (nSPS) is 17.6. The molecule has 1 N–H and O–H groups in total. The molecular formula is C6H7IN2. The van der Waals surface area contributed by atoms with Crippen molar-refractivity contribution in [3.63, 3.8) is 0 Å². The lowest BCUT2D eigenvalue weighted by molar-refractivity contribution is 1.18. The Hall–Kier alpha value is -0.320. The predicted octanol–water partition coefficient (Wildman–Crippen LogP) is 1.80. The number of hydrogen-bond donors (Lipinski definition) is 1. The molecule has 0 radical (unpaired) electrons. The van der Waals surface area contributed by atoms with E-state index in [9.17, 15) is 0 Å². The number of halogens is 1. The van der Waals surface area contributed by atoms with Gasteiger partial charge in [-0.3, -0.25) is 4.99 Å². The van der Waals surface area contributed by atoms with Gasteiger partial charge in [0.25, 0.3) is 0 Å². The van der Waals surface area contributed by atoms with Crippen LogP contribution in [0.5, 0.6) is 0 Å². The Morgan fingerprint density at radius 2 is 2.44 bits per heavy atom. The van der Waals surface area contributed by atoms with Gasteiger partial charge in [-0.25, -0.2) is 0 Å². The number of allylic oxidation sites excluding steroid dienone is 1. The number of rotatable bonds is 0. The van der Waals surface area contributed by atoms with Crippen molar-refractivity contribution in [2.75, 3.05) is 0 Å². The average Bonchev–Trinajstić information content (AvgIpc) is 1.93. The number of nitrogens with zero attached hydrogens (tertiary/aromatic N) is 1. The van der Waals surface area contributed by atoms with Crippen LogP contribution >= 0.6 is 22.6 Å². The van der Waals surface area contributed by atoms with Crippen molar-refractivity contribution in [3.05, 3.63) is 22.2 Å². The molecule has 0 amide bonds. The summed E-state index contributed by atoms with van der Waals surface area (Å²) < 4.78 is 1.10. The maximum Gasteiger partial charge on any atom is 0.0789 e. The van der Waals surface area contributed by atoms with Gasteiger partial charge in [0.2, 0.25) is 0 Å². The van der Waals surface area contributed by atoms with Crippen LogP contribution in [0.15, 0.2) is 27.2 Å². The van der Waals surface area contributed by atoms with Crippen molar-refractivity contribution in [1.29, 1.82) is 0 Å². The fourth-order valence-corrected chi connectivity index (χ4v) is 1.16. The zero-order chi connectivity index (χ0) is 6.69. The van der Waals surface area contributed by atoms with Crippen molar-refractivity contribution >= 4 is 28.3 Å². The van der Waals surface area contributed by atoms with Crippen LogP contribution < -0.4 is 5.32 Å². The van der Waals surface area contributed by atoms with E-state index in [1.165, 1.54) is 0 Å². The van der Waals surface area contributed by atoms with Crippen LogP contribution in [0, 0.1) is 0 Å². The summed E-state index contributed by atoms with van der Waals surface area (Å²) in [5, 5.41) is 3.03. The topological polar surface area (TPSA) is 24.4 Å². The molecule has 0 bridgehead atoms. The highest BCUT2D eigenvalue weighted by Gasteiger charge is 1.90. The summed E-state index contributed by atoms with van der Waals surface area (Å²) in [6.45, 7) is 1.97. The van der Waals surface area contributed by atoms with E-state index in [1.807, 2.05) is 19.2 Å². The first-order valence-corrected chi connectivity index (χ1v) is 3.70. The Bertz CT molecular complexity index is 191. The van der Waals surface area contributed by atoms with E-state index in [0.717, 1.165) is 9.42 Å². The summed E-state index contributed by atoms with van der Waals surface area (Å²) in [4.78, 5) is 4.07. The van der Waals surface area contributed by atoms with Crippen LogP contribution in [-0.4, -0.2) is 5.71 Å². The third kappa shape index (κ3) is 2.17. The second-order valence-corrected chi connectivity index (χ2v) is 2.89. The van der Waals surface area contributed by atoms with Gasteiger partial charge in [0.05, 0.1) is 3.70 Å². The molecule has 1 rings (SSSR count). The van der Waals surface area contributed by atoms with Crippen LogP contribution in [0.1, 0.15) is 6.92 Å². The summed E-state index contributed by atoms with van der Waals surface area (Å²) in [7, 11) is 0. The summed E-state index contributed by atoms with van der Waals surface area (Å²) in [5.74, 6) is 0. The number of nitrogens with one attached hydrogen (secondary N) is 1. The Labute approximate surface area is 67.9 Å². The van der Waals surface area contributed by atoms with Gasteiger partial charge in [-0.1, -0.05) is 0 Å². The molecule has 9 heavy (non-hydrogen) atoms. The summed E-state index contributed by atoms with van der Waals surface area (Å²) in [6.07, 6.45) is 5.55. The van der Waals surface area contributed by atoms with Crippen LogP contribution in [0.3, 0.4) is 0 Å². The molecule has 48 valence electrons. The zero-order valence-corrected chi connectivity index (χ0v) is 7.21. The number of aliphatic imine (C=N–C) groups is 1. The Balaban J connectivity index is 2.82. The first kappa shape index (κ1) is 6.80. The molecule has 1 aliphatic heterocycles. The van der Waals surface area contributed by atoms with Crippen molar-refractivity contribution < 1.29 is 0 Å². The van der Waals surface area contributed by atoms with Crippen molar-refractivity contribution in [3.8, 4) is 0 Å². The molecule has 0 aromatic heterocycles. The van der Waals surface area contributed by atoms with E-state index in [2.05, 4.69) is 32.9 Å². The van der Waals surface area contributed by atoms with E-state index in [4.69, 9.17) is 0 Å². The first-order chi connectivity index (χ1) is 4.29. The molecule has 0 unspecified atom stereocenters. The lowest BCUT2D eigenvalue weighted by Gasteiger charge is -1.91. The molecule has 0 atom stereocenters. The van der Waals surface area contributed by atoms with E-state index >= 15 is 0 Å². The minimum Gasteiger partial charge on any atom is -0.355 e. The molecule has 0 aromatic rings. The predicted molar refractivity (Wildman–Crippen MR) is 47.5 cm³/mol. The molecule has 2 nitrogen and oxygen atoms in total. The van der Waals surface area contributed by atoms with E-state index < -0.39 is 0 Å². The van der Waals surface area contributed by atoms with Crippen molar-refractivity contribution in [2.45, 2.75) is 6.92 Å². The SMILES string of the molecule is CC1=NC=CNC(I)=C1. The van der Waals surface area contributed by atoms with Gasteiger partial charge in [-0.15, -0.1) is 0 Å². The minimum atomic E-state index is 1.03. The summed E-state index contributed by atoms with van der Waals surface area (Å²) >= 11 is 2.21. The van der Waals surface area contributed by atoms with Gasteiger partial charge >= 0.3 is 0 Å². The van der Waals surface area contributed by atoms with Gasteiger partial charge in [-0.05, 0) is 35.6 Å². The lowest BCUT2D eigenvalue weighted by atomic mass is 10.4. The van der Waals surface area contributed by atoms with E-state index in [0.29, 0.717) is 0 Å². The Morgan fingerprint density at radius 1 is 1.67 bits per heavy atom.